The third-order valence-electron chi connectivity index (χ3n) is 5.40. The van der Waals surface area contributed by atoms with Crippen LogP contribution in [0.25, 0.3) is 11.8 Å². The molecule has 0 bridgehead atoms. The standard InChI is InChI=1S/C23H23N5O2S/c1-30-20-12-6-5-11-19(20)28-13-7-10-18(28)14-17(15-24)21(29)25-23-27-26-22(31-23)16-8-3-2-4-9-16/h5-7,10-14,16H,2-4,8-9H2,1H3,(H,25,27,29)/b17-14-. The molecular weight excluding hydrogens is 410 g/mol. The predicted octanol–water partition coefficient (Wildman–Crippen LogP) is 4.93. The zero-order valence-corrected chi connectivity index (χ0v) is 18.1. The molecule has 0 atom stereocenters. The number of hydrogen-bond acceptors (Lipinski definition) is 6. The second-order valence-corrected chi connectivity index (χ2v) is 8.39. The molecule has 0 saturated heterocycles. The molecular formula is C23H23N5O2S. The normalized spacial score (nSPS) is 14.8. The van der Waals surface area contributed by atoms with Crippen LogP contribution in [0, 0.1) is 11.3 Å². The van der Waals surface area contributed by atoms with Crippen LogP contribution < -0.4 is 10.1 Å². The van der Waals surface area contributed by atoms with Gasteiger partial charge in [-0.3, -0.25) is 10.1 Å². The second-order valence-electron chi connectivity index (χ2n) is 7.38. The summed E-state index contributed by atoms with van der Waals surface area (Å²) in [6, 6.07) is 13.3. The van der Waals surface area contributed by atoms with E-state index in [4.69, 9.17) is 4.74 Å². The van der Waals surface area contributed by atoms with E-state index in [1.54, 1.807) is 13.2 Å². The highest BCUT2D eigenvalue weighted by Gasteiger charge is 2.21. The second kappa shape index (κ2) is 9.58. The summed E-state index contributed by atoms with van der Waals surface area (Å²) >= 11 is 1.40. The van der Waals surface area contributed by atoms with Crippen molar-refractivity contribution in [3.05, 3.63) is 58.9 Å². The fourth-order valence-corrected chi connectivity index (χ4v) is 4.73. The van der Waals surface area contributed by atoms with E-state index in [9.17, 15) is 10.1 Å². The third-order valence-corrected chi connectivity index (χ3v) is 6.40. The van der Waals surface area contributed by atoms with Crippen LogP contribution in [0.3, 0.4) is 0 Å². The summed E-state index contributed by atoms with van der Waals surface area (Å²) in [6.45, 7) is 0. The van der Waals surface area contributed by atoms with Crippen molar-refractivity contribution in [3.8, 4) is 17.5 Å². The number of carbonyl (C=O) groups is 1. The third kappa shape index (κ3) is 4.67. The van der Waals surface area contributed by atoms with Crippen LogP contribution in [-0.4, -0.2) is 27.8 Å². The molecule has 0 spiro atoms. The van der Waals surface area contributed by atoms with Crippen LogP contribution in [0.4, 0.5) is 5.13 Å². The molecule has 3 aromatic rings. The number of carbonyl (C=O) groups excluding carboxylic acids is 1. The van der Waals surface area contributed by atoms with E-state index in [0.717, 1.165) is 23.5 Å². The zero-order valence-electron chi connectivity index (χ0n) is 17.2. The van der Waals surface area contributed by atoms with E-state index < -0.39 is 5.91 Å². The number of nitrogens with zero attached hydrogens (tertiary/aromatic N) is 4. The highest BCUT2D eigenvalue weighted by atomic mass is 32.1. The minimum atomic E-state index is -0.498. The minimum Gasteiger partial charge on any atom is -0.495 e. The highest BCUT2D eigenvalue weighted by molar-refractivity contribution is 7.15. The Morgan fingerprint density at radius 1 is 1.23 bits per heavy atom. The Balaban J connectivity index is 1.53. The van der Waals surface area contributed by atoms with E-state index >= 15 is 0 Å². The molecule has 1 aliphatic carbocycles. The molecule has 158 valence electrons. The first kappa shape index (κ1) is 20.8. The molecule has 1 fully saturated rings. The van der Waals surface area contributed by atoms with Crippen LogP contribution >= 0.6 is 11.3 Å². The Morgan fingerprint density at radius 2 is 2.03 bits per heavy atom. The van der Waals surface area contributed by atoms with Gasteiger partial charge in [0.25, 0.3) is 5.91 Å². The van der Waals surface area contributed by atoms with E-state index in [2.05, 4.69) is 15.5 Å². The molecule has 1 N–H and O–H groups in total. The lowest BCUT2D eigenvalue weighted by molar-refractivity contribution is -0.112. The number of nitriles is 1. The Morgan fingerprint density at radius 3 is 2.81 bits per heavy atom. The molecule has 1 amide bonds. The maximum absolute atomic E-state index is 12.7. The van der Waals surface area contributed by atoms with Gasteiger partial charge < -0.3 is 9.30 Å². The van der Waals surface area contributed by atoms with E-state index in [1.807, 2.05) is 53.2 Å². The van der Waals surface area contributed by atoms with Gasteiger partial charge in [0.05, 0.1) is 12.8 Å². The molecule has 1 aromatic carbocycles. The van der Waals surface area contributed by atoms with Gasteiger partial charge in [-0.1, -0.05) is 42.7 Å². The Bertz CT molecular complexity index is 1130. The topological polar surface area (TPSA) is 92.8 Å². The summed E-state index contributed by atoms with van der Waals surface area (Å²) in [5.41, 5.74) is 1.50. The van der Waals surface area contributed by atoms with Crippen molar-refractivity contribution in [1.29, 1.82) is 5.26 Å². The Hall–Kier alpha value is -3.44. The van der Waals surface area contributed by atoms with Gasteiger partial charge in [-0.05, 0) is 43.2 Å². The zero-order chi connectivity index (χ0) is 21.6. The average Bonchev–Trinajstić information content (AvgIpc) is 3.47. The Labute approximate surface area is 185 Å². The largest absolute Gasteiger partial charge is 0.495 e. The lowest BCUT2D eigenvalue weighted by Crippen LogP contribution is -2.13. The van der Waals surface area contributed by atoms with E-state index in [-0.39, 0.29) is 5.57 Å². The summed E-state index contributed by atoms with van der Waals surface area (Å²) < 4.78 is 7.31. The summed E-state index contributed by atoms with van der Waals surface area (Å²) in [4.78, 5) is 12.7. The first-order chi connectivity index (χ1) is 15.2. The molecule has 7 nitrogen and oxygen atoms in total. The van der Waals surface area contributed by atoms with Crippen LogP contribution in [-0.2, 0) is 4.79 Å². The number of methoxy groups -OCH3 is 1. The van der Waals surface area contributed by atoms with Gasteiger partial charge in [0.1, 0.15) is 22.4 Å². The number of aromatic nitrogens is 3. The monoisotopic (exact) mass is 433 g/mol. The first-order valence-corrected chi connectivity index (χ1v) is 11.1. The molecule has 31 heavy (non-hydrogen) atoms. The number of benzene rings is 1. The summed E-state index contributed by atoms with van der Waals surface area (Å²) in [5, 5.41) is 22.1. The predicted molar refractivity (Wildman–Crippen MR) is 120 cm³/mol. The summed E-state index contributed by atoms with van der Waals surface area (Å²) in [6.07, 6.45) is 9.34. The Kier molecular flexibility index (Phi) is 6.43. The quantitative estimate of drug-likeness (QED) is 0.439. The number of hydrogen-bond donors (Lipinski definition) is 1. The number of amides is 1. The smallest absolute Gasteiger partial charge is 0.268 e. The van der Waals surface area contributed by atoms with E-state index in [0.29, 0.717) is 22.5 Å². The van der Waals surface area contributed by atoms with Gasteiger partial charge in [0, 0.05) is 17.8 Å². The summed E-state index contributed by atoms with van der Waals surface area (Å²) in [7, 11) is 1.61. The lowest BCUT2D eigenvalue weighted by Gasteiger charge is -2.18. The van der Waals surface area contributed by atoms with Crippen molar-refractivity contribution in [2.24, 2.45) is 0 Å². The van der Waals surface area contributed by atoms with Gasteiger partial charge in [-0.25, -0.2) is 0 Å². The van der Waals surface area contributed by atoms with Gasteiger partial charge in [-0.2, -0.15) is 5.26 Å². The van der Waals surface area contributed by atoms with Gasteiger partial charge in [0.2, 0.25) is 5.13 Å². The van der Waals surface area contributed by atoms with Crippen LogP contribution in [0.1, 0.15) is 48.7 Å². The maximum atomic E-state index is 12.7. The molecule has 0 aliphatic heterocycles. The van der Waals surface area contributed by atoms with Crippen LogP contribution in [0.5, 0.6) is 5.75 Å². The number of anilines is 1. The van der Waals surface area contributed by atoms with Crippen molar-refractivity contribution >= 4 is 28.5 Å². The molecule has 1 saturated carbocycles. The van der Waals surface area contributed by atoms with Gasteiger partial charge in [0.15, 0.2) is 0 Å². The van der Waals surface area contributed by atoms with Gasteiger partial charge in [-0.15, -0.1) is 10.2 Å². The molecule has 8 heteroatoms. The molecule has 4 rings (SSSR count). The fourth-order valence-electron chi connectivity index (χ4n) is 3.82. The molecule has 0 radical (unpaired) electrons. The van der Waals surface area contributed by atoms with E-state index in [1.165, 1.54) is 30.6 Å². The maximum Gasteiger partial charge on any atom is 0.268 e. The fraction of sp³-hybridized carbons (Fsp3) is 0.304. The van der Waals surface area contributed by atoms with Crippen molar-refractivity contribution in [2.45, 2.75) is 38.0 Å². The van der Waals surface area contributed by atoms with Crippen molar-refractivity contribution in [2.75, 3.05) is 12.4 Å². The number of nitrogens with one attached hydrogen (secondary N) is 1. The highest BCUT2D eigenvalue weighted by Crippen LogP contribution is 2.35. The van der Waals surface area contributed by atoms with Gasteiger partial charge >= 0.3 is 0 Å². The van der Waals surface area contributed by atoms with Crippen molar-refractivity contribution in [3.63, 3.8) is 0 Å². The number of ether oxygens (including phenoxy) is 1. The van der Waals surface area contributed by atoms with Crippen molar-refractivity contribution in [1.82, 2.24) is 14.8 Å². The summed E-state index contributed by atoms with van der Waals surface area (Å²) in [5.74, 6) is 0.619. The first-order valence-electron chi connectivity index (χ1n) is 10.3. The molecule has 0 unspecified atom stereocenters. The minimum absolute atomic E-state index is 0.00994. The van der Waals surface area contributed by atoms with Crippen LogP contribution in [0.15, 0.2) is 48.2 Å². The number of para-hydroxylation sites is 2. The van der Waals surface area contributed by atoms with Crippen molar-refractivity contribution < 1.29 is 9.53 Å². The van der Waals surface area contributed by atoms with Crippen LogP contribution in [0.2, 0.25) is 0 Å². The number of rotatable bonds is 6. The average molecular weight is 434 g/mol. The molecule has 1 aliphatic rings. The lowest BCUT2D eigenvalue weighted by atomic mass is 9.90. The SMILES string of the molecule is COc1ccccc1-n1cccc1/C=C(/C#N)C(=O)Nc1nnc(C2CCCCC2)s1. The molecule has 2 heterocycles. The molecule has 2 aromatic heterocycles.